The Morgan fingerprint density at radius 2 is 1.69 bits per heavy atom. The second-order valence-electron chi connectivity index (χ2n) is 10.6. The Kier molecular flexibility index (Phi) is 6.64. The molecule has 0 heterocycles. The first-order chi connectivity index (χ1) is 14.9. The molecule has 0 aromatic heterocycles. The molecule has 3 aliphatic carbocycles. The van der Waals surface area contributed by atoms with Crippen molar-refractivity contribution in [2.45, 2.75) is 72.3 Å². The van der Waals surface area contributed by atoms with Crippen LogP contribution in [0.2, 0.25) is 0 Å². The lowest BCUT2D eigenvalue weighted by molar-refractivity contribution is -0.198. The lowest BCUT2D eigenvalue weighted by atomic mass is 9.45. The predicted octanol–water partition coefficient (Wildman–Crippen LogP) is 3.37. The third-order valence-electron chi connectivity index (χ3n) is 9.33. The van der Waals surface area contributed by atoms with Crippen LogP contribution >= 0.6 is 0 Å². The van der Waals surface area contributed by atoms with Gasteiger partial charge < -0.3 is 19.7 Å². The van der Waals surface area contributed by atoms with Gasteiger partial charge in [0.15, 0.2) is 0 Å². The van der Waals surface area contributed by atoms with E-state index in [0.29, 0.717) is 19.3 Å². The number of carboxylic acid groups (broad SMARTS) is 2. The van der Waals surface area contributed by atoms with Crippen LogP contribution in [0.15, 0.2) is 0 Å². The Bertz CT molecular complexity index is 793. The summed E-state index contributed by atoms with van der Waals surface area (Å²) in [5, 5.41) is 19.5. The van der Waals surface area contributed by atoms with Crippen LogP contribution in [0.4, 0.5) is 0 Å². The minimum absolute atomic E-state index is 0.0341. The van der Waals surface area contributed by atoms with E-state index < -0.39 is 40.8 Å². The molecule has 3 rings (SSSR count). The number of rotatable bonds is 6. The molecule has 0 unspecified atom stereocenters. The number of ether oxygens (including phenoxy) is 2. The average molecular weight is 453 g/mol. The second-order valence-corrected chi connectivity index (χ2v) is 10.6. The van der Waals surface area contributed by atoms with Crippen LogP contribution in [0.1, 0.15) is 66.2 Å². The van der Waals surface area contributed by atoms with E-state index in [0.717, 1.165) is 12.8 Å². The van der Waals surface area contributed by atoms with Crippen molar-refractivity contribution in [2.24, 2.45) is 46.3 Å². The van der Waals surface area contributed by atoms with Gasteiger partial charge in [0.05, 0.1) is 25.4 Å². The van der Waals surface area contributed by atoms with Crippen LogP contribution in [-0.4, -0.2) is 47.3 Å². The lowest BCUT2D eigenvalue weighted by Gasteiger charge is -2.60. The van der Waals surface area contributed by atoms with E-state index in [9.17, 15) is 29.4 Å². The highest BCUT2D eigenvalue weighted by Gasteiger charge is 2.66. The van der Waals surface area contributed by atoms with Crippen molar-refractivity contribution in [3.63, 3.8) is 0 Å². The summed E-state index contributed by atoms with van der Waals surface area (Å²) >= 11 is 0. The van der Waals surface area contributed by atoms with Crippen molar-refractivity contribution in [1.29, 1.82) is 0 Å². The number of hydrogen-bond donors (Lipinski definition) is 2. The molecule has 3 fully saturated rings. The molecular formula is C24H36O8. The standard InChI is InChI=1S/C24H36O8/c1-12(22(30)31-5)15-8-9-16-14-6-7-17(21(28)29)23(3,11-20(26)27)18(14)10-19(24(15,16)4)32-13(2)25/h12,14-19H,6-11H2,1-5H3,(H,26,27)(H,28,29)/t12-,14-,15-,16+,17+,18+,19+,23-,24-/m0/s1. The second kappa shape index (κ2) is 8.67. The highest BCUT2D eigenvalue weighted by atomic mass is 16.5. The van der Waals surface area contributed by atoms with Crippen molar-refractivity contribution in [1.82, 2.24) is 0 Å². The van der Waals surface area contributed by atoms with Crippen LogP contribution in [0.5, 0.6) is 0 Å². The fraction of sp³-hybridized carbons (Fsp3) is 0.833. The molecule has 0 aliphatic heterocycles. The summed E-state index contributed by atoms with van der Waals surface area (Å²) in [6.45, 7) is 7.09. The molecular weight excluding hydrogens is 416 g/mol. The van der Waals surface area contributed by atoms with Gasteiger partial charge in [-0.1, -0.05) is 20.8 Å². The van der Waals surface area contributed by atoms with E-state index in [1.165, 1.54) is 14.0 Å². The van der Waals surface area contributed by atoms with Gasteiger partial charge >= 0.3 is 23.9 Å². The molecule has 0 spiro atoms. The van der Waals surface area contributed by atoms with Crippen molar-refractivity contribution in [2.75, 3.05) is 7.11 Å². The molecule has 9 atom stereocenters. The van der Waals surface area contributed by atoms with Crippen LogP contribution in [0, 0.1) is 46.3 Å². The van der Waals surface area contributed by atoms with Gasteiger partial charge in [-0.25, -0.2) is 0 Å². The maximum absolute atomic E-state index is 12.4. The van der Waals surface area contributed by atoms with Gasteiger partial charge in [-0.3, -0.25) is 19.2 Å². The minimum Gasteiger partial charge on any atom is -0.481 e. The number of aliphatic carboxylic acids is 2. The molecule has 3 aliphatic rings. The van der Waals surface area contributed by atoms with E-state index in [1.54, 1.807) is 6.92 Å². The van der Waals surface area contributed by atoms with Crippen LogP contribution in [0.25, 0.3) is 0 Å². The Balaban J connectivity index is 2.06. The first-order valence-corrected chi connectivity index (χ1v) is 11.6. The van der Waals surface area contributed by atoms with Crippen LogP contribution < -0.4 is 0 Å². The van der Waals surface area contributed by atoms with E-state index in [-0.39, 0.29) is 42.0 Å². The summed E-state index contributed by atoms with van der Waals surface area (Å²) in [5.74, 6) is -3.78. The number of carbonyl (C=O) groups is 4. The fourth-order valence-electron chi connectivity index (χ4n) is 7.96. The molecule has 32 heavy (non-hydrogen) atoms. The Morgan fingerprint density at radius 1 is 1.03 bits per heavy atom. The monoisotopic (exact) mass is 452 g/mol. The van der Waals surface area contributed by atoms with Gasteiger partial charge in [0.2, 0.25) is 0 Å². The lowest BCUT2D eigenvalue weighted by Crippen LogP contribution is -2.60. The predicted molar refractivity (Wildman–Crippen MR) is 113 cm³/mol. The average Bonchev–Trinajstić information content (AvgIpc) is 3.05. The van der Waals surface area contributed by atoms with Gasteiger partial charge in [0.25, 0.3) is 0 Å². The van der Waals surface area contributed by atoms with Crippen molar-refractivity contribution >= 4 is 23.9 Å². The quantitative estimate of drug-likeness (QED) is 0.587. The highest BCUT2D eigenvalue weighted by molar-refractivity contribution is 5.74. The molecule has 0 aromatic carbocycles. The molecule has 8 heteroatoms. The number of methoxy groups -OCH3 is 1. The zero-order chi connectivity index (χ0) is 24.0. The number of esters is 2. The summed E-state index contributed by atoms with van der Waals surface area (Å²) in [5.41, 5.74) is -1.40. The molecule has 0 radical (unpaired) electrons. The maximum atomic E-state index is 12.4. The van der Waals surface area contributed by atoms with E-state index in [4.69, 9.17) is 9.47 Å². The van der Waals surface area contributed by atoms with E-state index in [1.807, 2.05) is 6.92 Å². The molecule has 180 valence electrons. The first-order valence-electron chi connectivity index (χ1n) is 11.6. The normalized spacial score (nSPS) is 41.7. The molecule has 0 aromatic rings. The highest BCUT2D eigenvalue weighted by Crippen LogP contribution is 2.67. The van der Waals surface area contributed by atoms with Crippen molar-refractivity contribution < 1.29 is 38.9 Å². The molecule has 0 bridgehead atoms. The van der Waals surface area contributed by atoms with Gasteiger partial charge in [0, 0.05) is 12.3 Å². The van der Waals surface area contributed by atoms with Gasteiger partial charge in [-0.2, -0.15) is 0 Å². The van der Waals surface area contributed by atoms with Crippen molar-refractivity contribution in [3.05, 3.63) is 0 Å². The third-order valence-corrected chi connectivity index (χ3v) is 9.33. The zero-order valence-electron chi connectivity index (χ0n) is 19.6. The smallest absolute Gasteiger partial charge is 0.308 e. The summed E-state index contributed by atoms with van der Waals surface area (Å²) in [7, 11) is 1.37. The van der Waals surface area contributed by atoms with Crippen LogP contribution in [-0.2, 0) is 28.7 Å². The Morgan fingerprint density at radius 3 is 2.22 bits per heavy atom. The minimum atomic E-state index is -1.01. The first kappa shape index (κ1) is 24.5. The maximum Gasteiger partial charge on any atom is 0.308 e. The Labute approximate surface area is 189 Å². The zero-order valence-corrected chi connectivity index (χ0v) is 19.6. The summed E-state index contributed by atoms with van der Waals surface area (Å²) in [4.78, 5) is 48.4. The van der Waals surface area contributed by atoms with Crippen LogP contribution in [0.3, 0.4) is 0 Å². The van der Waals surface area contributed by atoms with Gasteiger partial charge in [-0.05, 0) is 61.2 Å². The SMILES string of the molecule is COC(=O)[C@@H](C)[C@@H]1CC[C@@H]2[C@@H]3CC[C@H](C(=O)O)[C@](C)(CC(=O)O)[C@@H]3C[C@@H](OC(C)=O)[C@]21C. The molecule has 2 N–H and O–H groups in total. The fourth-order valence-corrected chi connectivity index (χ4v) is 7.96. The van der Waals surface area contributed by atoms with Gasteiger partial charge in [-0.15, -0.1) is 0 Å². The molecule has 8 nitrogen and oxygen atoms in total. The Hall–Kier alpha value is -2.12. The summed E-state index contributed by atoms with van der Waals surface area (Å²) in [6.07, 6.45) is 2.43. The molecule has 3 saturated carbocycles. The van der Waals surface area contributed by atoms with E-state index in [2.05, 4.69) is 6.92 Å². The molecule has 0 saturated heterocycles. The number of fused-ring (bicyclic) bond motifs is 3. The number of carboxylic acids is 2. The number of hydrogen-bond acceptors (Lipinski definition) is 6. The molecule has 0 amide bonds. The third kappa shape index (κ3) is 3.79. The van der Waals surface area contributed by atoms with E-state index >= 15 is 0 Å². The number of carbonyl (C=O) groups excluding carboxylic acids is 2. The largest absolute Gasteiger partial charge is 0.481 e. The topological polar surface area (TPSA) is 127 Å². The van der Waals surface area contributed by atoms with Gasteiger partial charge in [0.1, 0.15) is 6.10 Å². The summed E-state index contributed by atoms with van der Waals surface area (Å²) < 4.78 is 10.9. The van der Waals surface area contributed by atoms with Crippen molar-refractivity contribution in [3.8, 4) is 0 Å². The summed E-state index contributed by atoms with van der Waals surface area (Å²) in [6, 6.07) is 0.